The molecule has 0 atom stereocenters. The molecule has 0 aliphatic carbocycles. The van der Waals surface area contributed by atoms with E-state index < -0.39 is 0 Å². The van der Waals surface area contributed by atoms with Crippen molar-refractivity contribution in [3.63, 3.8) is 0 Å². The summed E-state index contributed by atoms with van der Waals surface area (Å²) in [5.41, 5.74) is 4.46. The van der Waals surface area contributed by atoms with Gasteiger partial charge in [-0.25, -0.2) is 34.9 Å². The fourth-order valence-electron chi connectivity index (χ4n) is 8.09. The molecule has 0 amide bonds. The number of hydrogen-bond donors (Lipinski definition) is 14. The molecule has 0 saturated carbocycles. The van der Waals surface area contributed by atoms with Crippen molar-refractivity contribution in [2.45, 2.75) is 28.7 Å². The quantitative estimate of drug-likeness (QED) is 0.0672. The zero-order valence-corrected chi connectivity index (χ0v) is 43.8. The second kappa shape index (κ2) is 25.4. The van der Waals surface area contributed by atoms with Crippen molar-refractivity contribution in [3.8, 4) is 172 Å². The van der Waals surface area contributed by atoms with Crippen molar-refractivity contribution < 1.29 is 71.5 Å². The maximum absolute atomic E-state index is 10.3. The average Bonchev–Trinajstić information content (AvgIpc) is 3.61. The van der Waals surface area contributed by atoms with Gasteiger partial charge in [0.1, 0.15) is 80.5 Å². The van der Waals surface area contributed by atoms with E-state index in [1.165, 1.54) is 97.1 Å². The van der Waals surface area contributed by atoms with Crippen molar-refractivity contribution in [2.75, 3.05) is 0 Å². The number of phenolic OH excluding ortho intramolecular Hbond substituents is 14. The summed E-state index contributed by atoms with van der Waals surface area (Å²) in [6.45, 7) is 3.94. The first-order valence-corrected chi connectivity index (χ1v) is 24.6. The third-order valence-corrected chi connectivity index (χ3v) is 12.2. The molecule has 3 aromatic heterocycles. The molecule has 11 rings (SSSR count). The van der Waals surface area contributed by atoms with Gasteiger partial charge in [-0.3, -0.25) is 0 Å². The molecule has 8 aromatic carbocycles. The fourth-order valence-corrected chi connectivity index (χ4v) is 8.25. The second-order valence-electron chi connectivity index (χ2n) is 18.1. The van der Waals surface area contributed by atoms with Gasteiger partial charge in [0.2, 0.25) is 5.28 Å². The normalized spacial score (nSPS) is 10.5. The van der Waals surface area contributed by atoms with Crippen LogP contribution in [-0.2, 0) is 0 Å². The maximum atomic E-state index is 10.3. The van der Waals surface area contributed by atoms with Crippen LogP contribution in [0.4, 0.5) is 0 Å². The molecule has 0 saturated heterocycles. The van der Waals surface area contributed by atoms with Crippen LogP contribution in [0.1, 0.15) is 26.0 Å². The lowest BCUT2D eigenvalue weighted by atomic mass is 10.0. The number of aromatic hydroxyl groups is 14. The first-order valence-electron chi connectivity index (χ1n) is 24.2. The minimum atomic E-state index is -0.289. The van der Waals surface area contributed by atoms with Crippen LogP contribution in [0.25, 0.3) is 91.1 Å². The number of benzene rings is 8. The molecule has 85 heavy (non-hydrogen) atoms. The van der Waals surface area contributed by atoms with Gasteiger partial charge in [-0.15, -0.1) is 0 Å². The highest BCUT2D eigenvalue weighted by Crippen LogP contribution is 2.40. The molecular formula is C61H52ClN9O14. The lowest BCUT2D eigenvalue weighted by Crippen LogP contribution is -2.01. The number of aromatic nitrogens is 9. The van der Waals surface area contributed by atoms with Gasteiger partial charge < -0.3 is 71.5 Å². The fraction of sp³-hybridized carbons (Fsp3) is 0.0656. The predicted molar refractivity (Wildman–Crippen MR) is 314 cm³/mol. The molecule has 0 aliphatic rings. The van der Waals surface area contributed by atoms with Crippen molar-refractivity contribution in [3.05, 3.63) is 162 Å². The van der Waals surface area contributed by atoms with E-state index in [0.29, 0.717) is 17.0 Å². The summed E-state index contributed by atoms with van der Waals surface area (Å²) >= 11 is 5.89. The third kappa shape index (κ3) is 13.9. The van der Waals surface area contributed by atoms with E-state index >= 15 is 0 Å². The van der Waals surface area contributed by atoms with Gasteiger partial charge in [-0.1, -0.05) is 38.6 Å². The Balaban J connectivity index is 0.000000182. The van der Waals surface area contributed by atoms with Crippen LogP contribution >= 0.6 is 11.6 Å². The summed E-state index contributed by atoms with van der Waals surface area (Å²) in [4.78, 5) is 38.4. The standard InChI is InChI=1S/C23H19N3O4.C21H15N3O6.C15H10ClN3O4.2CH4/c1-12-3-6-16(13(2)9-12)21-24-22(17-7-4-14(27)10-19(17)29)26-23(25-21)18-8-5-15(28)11-20(18)30;25-10-1-4-13(16(28)7-10)19-22-20(14-5-2-11(26)8-17(14)29)24-21(23-19)15-6-3-12(27)9-18(15)30;16-15-18-13(9-3-1-7(20)5-11(9)22)17-14(19-15)10-4-2-8(21)6-12(10)23;;/h3-11,27-30H,1-2H3;1-9,25-30H;1-6,20-23H;2*1H4. The summed E-state index contributed by atoms with van der Waals surface area (Å²) in [7, 11) is 0. The van der Waals surface area contributed by atoms with Crippen LogP contribution in [0, 0.1) is 13.8 Å². The molecule has 23 nitrogen and oxygen atoms in total. The Morgan fingerprint density at radius 2 is 0.412 bits per heavy atom. The van der Waals surface area contributed by atoms with E-state index in [9.17, 15) is 71.5 Å². The van der Waals surface area contributed by atoms with Crippen LogP contribution in [0.5, 0.6) is 80.5 Å². The van der Waals surface area contributed by atoms with Crippen LogP contribution in [0.3, 0.4) is 0 Å². The average molecular weight is 1170 g/mol. The molecule has 11 aromatic rings. The Morgan fingerprint density at radius 3 is 0.600 bits per heavy atom. The monoisotopic (exact) mass is 1170 g/mol. The molecule has 24 heteroatoms. The zero-order chi connectivity index (χ0) is 59.4. The summed E-state index contributed by atoms with van der Waals surface area (Å²) < 4.78 is 0. The van der Waals surface area contributed by atoms with Crippen LogP contribution in [0.2, 0.25) is 5.28 Å². The van der Waals surface area contributed by atoms with Gasteiger partial charge in [0, 0.05) is 48.0 Å². The summed E-state index contributed by atoms with van der Waals surface area (Å²) in [6.07, 6.45) is 0. The Bertz CT molecular complexity index is 3700. The third-order valence-electron chi connectivity index (χ3n) is 12.1. The molecule has 0 bridgehead atoms. The minimum absolute atomic E-state index is 0. The van der Waals surface area contributed by atoms with Crippen molar-refractivity contribution in [2.24, 2.45) is 0 Å². The van der Waals surface area contributed by atoms with Gasteiger partial charge in [0.25, 0.3) is 0 Å². The number of aryl methyl sites for hydroxylation is 2. The van der Waals surface area contributed by atoms with E-state index in [2.05, 4.69) is 44.9 Å². The Morgan fingerprint density at radius 1 is 0.235 bits per heavy atom. The summed E-state index contributed by atoms with van der Waals surface area (Å²) in [6, 6.07) is 33.6. The number of nitrogens with zero attached hydrogens (tertiary/aromatic N) is 9. The Kier molecular flexibility index (Phi) is 18.2. The molecule has 14 N–H and O–H groups in total. The molecule has 432 valence electrons. The number of halogens is 1. The molecule has 3 heterocycles. The van der Waals surface area contributed by atoms with E-state index in [1.807, 2.05) is 32.0 Å². The van der Waals surface area contributed by atoms with Crippen molar-refractivity contribution in [1.82, 2.24) is 44.9 Å². The molecule has 0 radical (unpaired) electrons. The summed E-state index contributed by atoms with van der Waals surface area (Å²) in [5, 5.41) is 137. The first kappa shape index (κ1) is 60.9. The summed E-state index contributed by atoms with van der Waals surface area (Å²) in [5.74, 6) is -1.65. The van der Waals surface area contributed by atoms with Gasteiger partial charge in [0.15, 0.2) is 46.6 Å². The first-order chi connectivity index (χ1) is 39.6. The van der Waals surface area contributed by atoms with E-state index in [-0.39, 0.29) is 169 Å². The van der Waals surface area contributed by atoms with Crippen LogP contribution in [-0.4, -0.2) is 116 Å². The largest absolute Gasteiger partial charge is 0.508 e. The molecular weight excluding hydrogens is 1120 g/mol. The molecule has 0 spiro atoms. The van der Waals surface area contributed by atoms with E-state index in [1.54, 1.807) is 0 Å². The smallest absolute Gasteiger partial charge is 0.226 e. The molecule has 0 unspecified atom stereocenters. The van der Waals surface area contributed by atoms with Gasteiger partial charge >= 0.3 is 0 Å². The van der Waals surface area contributed by atoms with E-state index in [0.717, 1.165) is 47.0 Å². The van der Waals surface area contributed by atoms with Crippen LogP contribution in [0.15, 0.2) is 146 Å². The molecule has 0 aliphatic heterocycles. The topological polar surface area (TPSA) is 399 Å². The predicted octanol–water partition coefficient (Wildman–Crippen LogP) is 11.4. The highest BCUT2D eigenvalue weighted by atomic mass is 35.5. The zero-order valence-electron chi connectivity index (χ0n) is 43.0. The SMILES string of the molecule is C.C.Cc1ccc(-c2nc(-c3ccc(O)cc3O)nc(-c3ccc(O)cc3O)n2)c(C)c1.Oc1ccc(-c2nc(-c3ccc(O)cc3O)nc(-c3ccc(O)cc3O)n2)c(O)c1.Oc1ccc(-c2nc(Cl)nc(-c3ccc(O)cc3O)n2)c(O)c1. The second-order valence-corrected chi connectivity index (χ2v) is 18.4. The lowest BCUT2D eigenvalue weighted by molar-refractivity contribution is 0.450. The van der Waals surface area contributed by atoms with Crippen LogP contribution < -0.4 is 0 Å². The van der Waals surface area contributed by atoms with Gasteiger partial charge in [0.05, 0.1) is 38.9 Å². The maximum Gasteiger partial charge on any atom is 0.226 e. The molecule has 0 fully saturated rings. The number of phenols is 14. The Hall–Kier alpha value is -11.7. The number of rotatable bonds is 8. The Labute approximate surface area is 488 Å². The van der Waals surface area contributed by atoms with Crippen molar-refractivity contribution in [1.29, 1.82) is 0 Å². The highest BCUT2D eigenvalue weighted by Gasteiger charge is 2.22. The minimum Gasteiger partial charge on any atom is -0.508 e. The van der Waals surface area contributed by atoms with E-state index in [4.69, 9.17) is 11.6 Å². The van der Waals surface area contributed by atoms with Crippen molar-refractivity contribution >= 4 is 11.6 Å². The number of hydrogen-bond acceptors (Lipinski definition) is 23. The lowest BCUT2D eigenvalue weighted by Gasteiger charge is -2.12. The van der Waals surface area contributed by atoms with Gasteiger partial charge in [-0.05, 0) is 116 Å². The van der Waals surface area contributed by atoms with Gasteiger partial charge in [-0.2, -0.15) is 9.97 Å². The highest BCUT2D eigenvalue weighted by molar-refractivity contribution is 6.28.